The van der Waals surface area contributed by atoms with E-state index in [1.807, 2.05) is 29.2 Å². The number of nitrogens with zero attached hydrogens (tertiary/aromatic N) is 1. The lowest BCUT2D eigenvalue weighted by atomic mass is 9.81. The van der Waals surface area contributed by atoms with Gasteiger partial charge in [-0.3, -0.25) is 14.4 Å². The van der Waals surface area contributed by atoms with Gasteiger partial charge in [-0.05, 0) is 48.6 Å². The van der Waals surface area contributed by atoms with Crippen molar-refractivity contribution in [3.05, 3.63) is 29.8 Å². The van der Waals surface area contributed by atoms with Crippen molar-refractivity contribution in [1.29, 1.82) is 0 Å². The third kappa shape index (κ3) is 8.66. The van der Waals surface area contributed by atoms with Crippen LogP contribution in [0, 0.1) is 23.2 Å². The zero-order valence-corrected chi connectivity index (χ0v) is 22.8. The maximum absolute atomic E-state index is 13.4. The third-order valence-electron chi connectivity index (χ3n) is 7.29. The number of unbranched alkanes of at least 4 members (excludes halogenated alkanes) is 2. The number of fused-ring (bicyclic) bond motifs is 1. The summed E-state index contributed by atoms with van der Waals surface area (Å²) in [5.74, 6) is 0.374. The molecule has 2 atom stereocenters. The second kappa shape index (κ2) is 13.6. The Kier molecular flexibility index (Phi) is 11.3. The molecule has 35 heavy (non-hydrogen) atoms. The first-order valence-electron chi connectivity index (χ1n) is 13.5. The van der Waals surface area contributed by atoms with Crippen molar-refractivity contribution in [2.75, 3.05) is 25.0 Å². The van der Waals surface area contributed by atoms with Crippen molar-refractivity contribution < 1.29 is 14.4 Å². The number of nitrogens with one attached hydrogen (secondary N) is 2. The molecule has 1 heterocycles. The van der Waals surface area contributed by atoms with Crippen LogP contribution in [-0.4, -0.2) is 37.9 Å². The minimum atomic E-state index is -0.224. The Bertz CT molecular complexity index is 849. The van der Waals surface area contributed by atoms with E-state index in [9.17, 15) is 14.4 Å². The standard InChI is InChI=1S/C29H47N3O3/c1-7-8-17-31-28(35)24(21(2)3)14-11-12-16-29(4,5)19-26(33)32-20-23(27(34)30-6)18-22-13-9-10-15-25(22)32/h9-10,13,15,21,23-24H,7-8,11-12,14,16-20H2,1-6H3,(H,30,34)(H,31,35)/t23?,24-/m0/s1. The third-order valence-corrected chi connectivity index (χ3v) is 7.29. The second-order valence-corrected chi connectivity index (χ2v) is 11.2. The van der Waals surface area contributed by atoms with Crippen LogP contribution in [0.25, 0.3) is 0 Å². The summed E-state index contributed by atoms with van der Waals surface area (Å²) in [4.78, 5) is 40.2. The highest BCUT2D eigenvalue weighted by atomic mass is 16.2. The normalized spacial score (nSPS) is 16.5. The molecule has 1 unspecified atom stereocenters. The van der Waals surface area contributed by atoms with Crippen LogP contribution in [-0.2, 0) is 20.8 Å². The van der Waals surface area contributed by atoms with Gasteiger partial charge in [0.25, 0.3) is 0 Å². The highest BCUT2D eigenvalue weighted by Gasteiger charge is 2.34. The predicted molar refractivity (Wildman–Crippen MR) is 143 cm³/mol. The highest BCUT2D eigenvalue weighted by molar-refractivity contribution is 5.96. The van der Waals surface area contributed by atoms with Crippen molar-refractivity contribution in [3.8, 4) is 0 Å². The van der Waals surface area contributed by atoms with Crippen LogP contribution in [0.5, 0.6) is 0 Å². The number of rotatable bonds is 13. The van der Waals surface area contributed by atoms with Gasteiger partial charge in [0, 0.05) is 38.2 Å². The van der Waals surface area contributed by atoms with Gasteiger partial charge in [0.2, 0.25) is 17.7 Å². The van der Waals surface area contributed by atoms with E-state index in [2.05, 4.69) is 45.3 Å². The number of anilines is 1. The Morgan fingerprint density at radius 2 is 1.83 bits per heavy atom. The van der Waals surface area contributed by atoms with Gasteiger partial charge in [-0.1, -0.05) is 72.1 Å². The summed E-state index contributed by atoms with van der Waals surface area (Å²) in [6.07, 6.45) is 6.97. The van der Waals surface area contributed by atoms with E-state index in [4.69, 9.17) is 0 Å². The Morgan fingerprint density at radius 1 is 1.11 bits per heavy atom. The summed E-state index contributed by atoms with van der Waals surface area (Å²) in [7, 11) is 1.65. The Hall–Kier alpha value is -2.37. The van der Waals surface area contributed by atoms with Gasteiger partial charge in [-0.15, -0.1) is 0 Å². The lowest BCUT2D eigenvalue weighted by molar-refractivity contribution is -0.127. The molecule has 0 bridgehead atoms. The number of para-hydroxylation sites is 1. The van der Waals surface area contributed by atoms with Gasteiger partial charge < -0.3 is 15.5 Å². The zero-order valence-electron chi connectivity index (χ0n) is 22.8. The Balaban J connectivity index is 1.92. The SMILES string of the molecule is CCCCNC(=O)[C@@H](CCCCC(C)(C)CC(=O)N1CC(C(=O)NC)Cc2ccccc21)C(C)C. The molecule has 1 aliphatic rings. The van der Waals surface area contributed by atoms with E-state index in [0.29, 0.717) is 25.3 Å². The van der Waals surface area contributed by atoms with E-state index >= 15 is 0 Å². The first-order chi connectivity index (χ1) is 16.6. The molecule has 1 aliphatic heterocycles. The summed E-state index contributed by atoms with van der Waals surface area (Å²) >= 11 is 0. The average molecular weight is 486 g/mol. The van der Waals surface area contributed by atoms with E-state index in [1.165, 1.54) is 0 Å². The largest absolute Gasteiger partial charge is 0.359 e. The van der Waals surface area contributed by atoms with E-state index in [1.54, 1.807) is 7.05 Å². The van der Waals surface area contributed by atoms with Crippen LogP contribution in [0.1, 0.15) is 85.1 Å². The first-order valence-corrected chi connectivity index (χ1v) is 13.5. The molecule has 6 nitrogen and oxygen atoms in total. The zero-order chi connectivity index (χ0) is 26.0. The summed E-state index contributed by atoms with van der Waals surface area (Å²) in [6.45, 7) is 11.8. The summed E-state index contributed by atoms with van der Waals surface area (Å²) in [6, 6.07) is 7.91. The number of hydrogen-bond acceptors (Lipinski definition) is 3. The maximum atomic E-state index is 13.4. The minimum absolute atomic E-state index is 0.0185. The van der Waals surface area contributed by atoms with Crippen LogP contribution in [0.4, 0.5) is 5.69 Å². The van der Waals surface area contributed by atoms with E-state index in [-0.39, 0.29) is 35.0 Å². The lowest BCUT2D eigenvalue weighted by Crippen LogP contribution is -2.46. The highest BCUT2D eigenvalue weighted by Crippen LogP contribution is 2.34. The molecule has 0 spiro atoms. The fraction of sp³-hybridized carbons (Fsp3) is 0.690. The fourth-order valence-electron chi connectivity index (χ4n) is 5.06. The topological polar surface area (TPSA) is 78.5 Å². The number of carbonyl (C=O) groups is 3. The summed E-state index contributed by atoms with van der Waals surface area (Å²) in [5.41, 5.74) is 1.83. The molecule has 2 N–H and O–H groups in total. The van der Waals surface area contributed by atoms with Gasteiger partial charge in [-0.25, -0.2) is 0 Å². The number of hydrogen-bond donors (Lipinski definition) is 2. The lowest BCUT2D eigenvalue weighted by Gasteiger charge is -2.36. The van der Waals surface area contributed by atoms with Crippen LogP contribution >= 0.6 is 0 Å². The molecule has 2 rings (SSSR count). The van der Waals surface area contributed by atoms with E-state index in [0.717, 1.165) is 56.3 Å². The van der Waals surface area contributed by atoms with Crippen LogP contribution in [0.15, 0.2) is 24.3 Å². The molecule has 196 valence electrons. The predicted octanol–water partition coefficient (Wildman–Crippen LogP) is 5.10. The van der Waals surface area contributed by atoms with Crippen LogP contribution < -0.4 is 15.5 Å². The quantitative estimate of drug-likeness (QED) is 0.381. The molecule has 0 saturated carbocycles. The van der Waals surface area contributed by atoms with Gasteiger partial charge in [0.1, 0.15) is 0 Å². The molecule has 0 radical (unpaired) electrons. The summed E-state index contributed by atoms with van der Waals surface area (Å²) in [5, 5.41) is 5.83. The van der Waals surface area contributed by atoms with Crippen molar-refractivity contribution in [1.82, 2.24) is 10.6 Å². The van der Waals surface area contributed by atoms with Gasteiger partial charge in [-0.2, -0.15) is 0 Å². The molecule has 1 aromatic carbocycles. The molecular formula is C29H47N3O3. The van der Waals surface area contributed by atoms with Crippen molar-refractivity contribution in [2.24, 2.45) is 23.2 Å². The number of amides is 3. The average Bonchev–Trinajstić information content (AvgIpc) is 2.82. The molecule has 0 fully saturated rings. The molecule has 3 amide bonds. The van der Waals surface area contributed by atoms with Crippen molar-refractivity contribution in [2.45, 2.75) is 86.0 Å². The maximum Gasteiger partial charge on any atom is 0.227 e. The van der Waals surface area contributed by atoms with Crippen molar-refractivity contribution in [3.63, 3.8) is 0 Å². The van der Waals surface area contributed by atoms with Gasteiger partial charge >= 0.3 is 0 Å². The van der Waals surface area contributed by atoms with Crippen LogP contribution in [0.2, 0.25) is 0 Å². The molecule has 6 heteroatoms. The number of carbonyl (C=O) groups excluding carboxylic acids is 3. The van der Waals surface area contributed by atoms with Gasteiger partial charge in [0.05, 0.1) is 5.92 Å². The minimum Gasteiger partial charge on any atom is -0.359 e. The fourth-order valence-corrected chi connectivity index (χ4v) is 5.06. The Labute approximate surface area is 212 Å². The summed E-state index contributed by atoms with van der Waals surface area (Å²) < 4.78 is 0. The van der Waals surface area contributed by atoms with Gasteiger partial charge in [0.15, 0.2) is 0 Å². The first kappa shape index (κ1) is 28.9. The van der Waals surface area contributed by atoms with Crippen LogP contribution in [0.3, 0.4) is 0 Å². The second-order valence-electron chi connectivity index (χ2n) is 11.2. The molecule has 0 aromatic heterocycles. The monoisotopic (exact) mass is 485 g/mol. The molecule has 0 saturated heterocycles. The Morgan fingerprint density at radius 3 is 2.49 bits per heavy atom. The number of benzene rings is 1. The molecule has 1 aromatic rings. The molecule has 0 aliphatic carbocycles. The van der Waals surface area contributed by atoms with E-state index < -0.39 is 0 Å². The van der Waals surface area contributed by atoms with Crippen molar-refractivity contribution >= 4 is 23.4 Å². The molecular weight excluding hydrogens is 438 g/mol. The smallest absolute Gasteiger partial charge is 0.227 e.